The van der Waals surface area contributed by atoms with Gasteiger partial charge in [0.2, 0.25) is 0 Å². The fourth-order valence-electron chi connectivity index (χ4n) is 2.65. The summed E-state index contributed by atoms with van der Waals surface area (Å²) in [4.78, 5) is 0. The predicted octanol–water partition coefficient (Wildman–Crippen LogP) is 3.17. The number of halogens is 2. The van der Waals surface area contributed by atoms with E-state index in [9.17, 15) is 4.39 Å². The van der Waals surface area contributed by atoms with E-state index >= 15 is 0 Å². The van der Waals surface area contributed by atoms with Crippen LogP contribution in [0.5, 0.6) is 0 Å². The van der Waals surface area contributed by atoms with Gasteiger partial charge in [-0.05, 0) is 41.6 Å². The van der Waals surface area contributed by atoms with Gasteiger partial charge in [-0.25, -0.2) is 9.07 Å². The molecule has 2 heterocycles. The Labute approximate surface area is 124 Å². The maximum atomic E-state index is 14.2. The van der Waals surface area contributed by atoms with Crippen molar-refractivity contribution < 1.29 is 14.2 Å². The number of fused-ring (bicyclic) bond motifs is 1. The molecule has 108 valence electrons. The van der Waals surface area contributed by atoms with Crippen LogP contribution in [-0.4, -0.2) is 28.1 Å². The molecule has 6 heteroatoms. The fraction of sp³-hybridized carbons (Fsp3) is 0.500. The molecule has 0 saturated carbocycles. The number of hydrogen-bond acceptors (Lipinski definition) is 3. The Morgan fingerprint density at radius 3 is 3.05 bits per heavy atom. The minimum absolute atomic E-state index is 0.0824. The Morgan fingerprint density at radius 2 is 2.35 bits per heavy atom. The summed E-state index contributed by atoms with van der Waals surface area (Å²) in [7, 11) is 0. The van der Waals surface area contributed by atoms with Gasteiger partial charge in [0, 0.05) is 34.7 Å². The van der Waals surface area contributed by atoms with E-state index in [1.54, 1.807) is 10.9 Å². The van der Waals surface area contributed by atoms with E-state index in [1.165, 1.54) is 6.07 Å². The third kappa shape index (κ3) is 2.36. The molecule has 0 bridgehead atoms. The molecule has 0 radical (unpaired) electrons. The van der Waals surface area contributed by atoms with Crippen LogP contribution >= 0.6 is 15.9 Å². The summed E-state index contributed by atoms with van der Waals surface area (Å²) in [6.45, 7) is 0.638. The molecule has 20 heavy (non-hydrogen) atoms. The maximum Gasteiger partial charge on any atom is 0.150 e. The Bertz CT molecular complexity index is 623. The summed E-state index contributed by atoms with van der Waals surface area (Å²) in [5.41, 5.74) is 1.21. The van der Waals surface area contributed by atoms with Crippen LogP contribution < -0.4 is 0 Å². The van der Waals surface area contributed by atoms with Crippen molar-refractivity contribution >= 4 is 26.8 Å². The van der Waals surface area contributed by atoms with Gasteiger partial charge < -0.3 is 9.84 Å². The number of aliphatic hydroxyl groups excluding tert-OH is 1. The van der Waals surface area contributed by atoms with Crippen molar-refractivity contribution in [2.24, 2.45) is 0 Å². The molecule has 4 nitrogen and oxygen atoms in total. The van der Waals surface area contributed by atoms with Crippen molar-refractivity contribution in [1.82, 2.24) is 9.78 Å². The van der Waals surface area contributed by atoms with E-state index in [2.05, 4.69) is 21.0 Å². The lowest BCUT2D eigenvalue weighted by atomic mass is 10.1. The van der Waals surface area contributed by atoms with Gasteiger partial charge in [0.1, 0.15) is 5.82 Å². The van der Waals surface area contributed by atoms with Crippen molar-refractivity contribution in [2.75, 3.05) is 13.2 Å². The third-order valence-corrected chi connectivity index (χ3v) is 4.58. The first-order valence-electron chi connectivity index (χ1n) is 6.79. The van der Waals surface area contributed by atoms with Crippen LogP contribution in [-0.2, 0) is 11.2 Å². The van der Waals surface area contributed by atoms with Crippen LogP contribution in [0, 0.1) is 5.82 Å². The summed E-state index contributed by atoms with van der Waals surface area (Å²) < 4.78 is 22.3. The summed E-state index contributed by atoms with van der Waals surface area (Å²) in [6, 6.07) is 1.48. The molecular formula is C14H16BrFN2O2. The Kier molecular flexibility index (Phi) is 4.05. The number of hydrogen-bond donors (Lipinski definition) is 1. The van der Waals surface area contributed by atoms with Crippen molar-refractivity contribution in [3.05, 3.63) is 28.1 Å². The summed E-state index contributed by atoms with van der Waals surface area (Å²) >= 11 is 3.43. The largest absolute Gasteiger partial charge is 0.396 e. The lowest BCUT2D eigenvalue weighted by molar-refractivity contribution is -0.0366. The van der Waals surface area contributed by atoms with Crippen LogP contribution in [0.4, 0.5) is 4.39 Å². The van der Waals surface area contributed by atoms with Crippen LogP contribution in [0.15, 0.2) is 16.7 Å². The molecule has 0 aliphatic carbocycles. The highest BCUT2D eigenvalue weighted by Gasteiger charge is 2.21. The highest BCUT2D eigenvalue weighted by atomic mass is 79.9. The van der Waals surface area contributed by atoms with Gasteiger partial charge in [-0.15, -0.1) is 0 Å². The summed E-state index contributed by atoms with van der Waals surface area (Å²) in [5, 5.41) is 14.2. The predicted molar refractivity (Wildman–Crippen MR) is 77.0 cm³/mol. The van der Waals surface area contributed by atoms with Crippen LogP contribution in [0.3, 0.4) is 0 Å². The SMILES string of the molecule is OCCc1c(F)cc2c(cnn2C2CCCCO2)c1Br. The average Bonchev–Trinajstić information content (AvgIpc) is 2.88. The second kappa shape index (κ2) is 5.79. The zero-order valence-corrected chi connectivity index (χ0v) is 12.6. The van der Waals surface area contributed by atoms with Gasteiger partial charge in [-0.1, -0.05) is 0 Å². The number of nitrogens with zero attached hydrogens (tertiary/aromatic N) is 2. The molecule has 1 unspecified atom stereocenters. The van der Waals surface area contributed by atoms with E-state index < -0.39 is 0 Å². The lowest BCUT2D eigenvalue weighted by Crippen LogP contribution is -2.19. The third-order valence-electron chi connectivity index (χ3n) is 3.68. The van der Waals surface area contributed by atoms with Gasteiger partial charge in [0.05, 0.1) is 11.7 Å². The topological polar surface area (TPSA) is 47.3 Å². The van der Waals surface area contributed by atoms with Crippen molar-refractivity contribution in [3.8, 4) is 0 Å². The van der Waals surface area contributed by atoms with E-state index in [0.29, 0.717) is 10.0 Å². The minimum atomic E-state index is -0.323. The van der Waals surface area contributed by atoms with Gasteiger partial charge in [-0.3, -0.25) is 0 Å². The first-order chi connectivity index (χ1) is 9.72. The number of ether oxygens (including phenoxy) is 1. The molecule has 0 spiro atoms. The van der Waals surface area contributed by atoms with Crippen LogP contribution in [0.25, 0.3) is 10.9 Å². The highest BCUT2D eigenvalue weighted by Crippen LogP contribution is 2.33. The molecule has 1 N–H and O–H groups in total. The van der Waals surface area contributed by atoms with Gasteiger partial charge >= 0.3 is 0 Å². The number of aliphatic hydroxyl groups is 1. The normalized spacial score (nSPS) is 19.6. The van der Waals surface area contributed by atoms with Crippen LogP contribution in [0.1, 0.15) is 31.1 Å². The summed E-state index contributed by atoms with van der Waals surface area (Å²) in [6.07, 6.45) is 4.95. The molecule has 1 aromatic carbocycles. The zero-order chi connectivity index (χ0) is 14.1. The molecule has 1 fully saturated rings. The van der Waals surface area contributed by atoms with Gasteiger partial charge in [0.15, 0.2) is 6.23 Å². The highest BCUT2D eigenvalue weighted by molar-refractivity contribution is 9.10. The number of aromatic nitrogens is 2. The molecule has 3 rings (SSSR count). The number of rotatable bonds is 3. The Balaban J connectivity index is 2.08. The second-order valence-electron chi connectivity index (χ2n) is 4.97. The average molecular weight is 343 g/mol. The van der Waals surface area contributed by atoms with E-state index in [4.69, 9.17) is 9.84 Å². The Morgan fingerprint density at radius 1 is 1.50 bits per heavy atom. The first kappa shape index (κ1) is 14.0. The van der Waals surface area contributed by atoms with E-state index in [1.807, 2.05) is 0 Å². The molecular weight excluding hydrogens is 327 g/mol. The van der Waals surface area contributed by atoms with Crippen molar-refractivity contribution in [1.29, 1.82) is 0 Å². The fourth-order valence-corrected chi connectivity index (χ4v) is 3.34. The maximum absolute atomic E-state index is 14.2. The smallest absolute Gasteiger partial charge is 0.150 e. The molecule has 1 aliphatic rings. The van der Waals surface area contributed by atoms with Crippen LogP contribution in [0.2, 0.25) is 0 Å². The standard InChI is InChI=1S/C14H16BrFN2O2/c15-14-9(4-5-19)11(16)7-12-10(14)8-17-18(12)13-3-1-2-6-20-13/h7-8,13,19H,1-6H2. The summed E-state index contributed by atoms with van der Waals surface area (Å²) in [5.74, 6) is -0.323. The first-order valence-corrected chi connectivity index (χ1v) is 7.58. The van der Waals surface area contributed by atoms with Gasteiger partial charge in [0.25, 0.3) is 0 Å². The molecule has 1 aliphatic heterocycles. The van der Waals surface area contributed by atoms with E-state index in [-0.39, 0.29) is 25.1 Å². The van der Waals surface area contributed by atoms with Crippen molar-refractivity contribution in [3.63, 3.8) is 0 Å². The zero-order valence-electron chi connectivity index (χ0n) is 11.0. The second-order valence-corrected chi connectivity index (χ2v) is 5.76. The molecule has 1 saturated heterocycles. The molecule has 1 atom stereocenters. The molecule has 2 aromatic rings. The van der Waals surface area contributed by atoms with Gasteiger partial charge in [-0.2, -0.15) is 5.10 Å². The Hall–Kier alpha value is -0.980. The quantitative estimate of drug-likeness (QED) is 0.931. The number of benzene rings is 1. The van der Waals surface area contributed by atoms with Crippen molar-refractivity contribution in [2.45, 2.75) is 31.9 Å². The molecule has 1 aromatic heterocycles. The van der Waals surface area contributed by atoms with E-state index in [0.717, 1.165) is 36.8 Å². The monoisotopic (exact) mass is 342 g/mol. The minimum Gasteiger partial charge on any atom is -0.396 e. The lowest BCUT2D eigenvalue weighted by Gasteiger charge is -2.23. The molecule has 0 amide bonds.